The van der Waals surface area contributed by atoms with E-state index in [0.29, 0.717) is 46.1 Å². The van der Waals surface area contributed by atoms with Crippen LogP contribution in [0.25, 0.3) is 22.1 Å². The predicted octanol–water partition coefficient (Wildman–Crippen LogP) is 13.2. The minimum Gasteiger partial charge on any atom is -0.390 e. The molecule has 8 aliphatic carbocycles. The molecule has 12 rings (SSSR count). The van der Waals surface area contributed by atoms with E-state index >= 15 is 0 Å². The topological polar surface area (TPSA) is 136 Å². The van der Waals surface area contributed by atoms with Gasteiger partial charge in [0.15, 0.2) is 11.6 Å². The molecule has 8 aliphatic rings. The quantitative estimate of drug-likeness (QED) is 0.195. The lowest BCUT2D eigenvalue weighted by atomic mass is 9.44. The predicted molar refractivity (Wildman–Crippen MR) is 280 cm³/mol. The van der Waals surface area contributed by atoms with Crippen molar-refractivity contribution in [3.05, 3.63) is 48.5 Å². The third-order valence-electron chi connectivity index (χ3n) is 22.8. The van der Waals surface area contributed by atoms with Crippen LogP contribution in [0.5, 0.6) is 0 Å². The number of hydrogen-bond donors (Lipinski definition) is 2. The first kappa shape index (κ1) is 51.4. The van der Waals surface area contributed by atoms with Crippen LogP contribution in [0.3, 0.4) is 0 Å². The summed E-state index contributed by atoms with van der Waals surface area (Å²) in [6.45, 7) is 18.1. The van der Waals surface area contributed by atoms with E-state index in [1.807, 2.05) is 80.9 Å². The molecule has 2 heterocycles. The maximum absolute atomic E-state index is 14.0. The zero-order valence-corrected chi connectivity index (χ0v) is 42.7. The number of carbonyl (C=O) groups is 2. The van der Waals surface area contributed by atoms with E-state index in [2.05, 4.69) is 48.2 Å². The molecule has 0 saturated heterocycles. The summed E-state index contributed by atoms with van der Waals surface area (Å²) in [5, 5.41) is 39.4. The molecule has 0 radical (unpaired) electrons. The average Bonchev–Trinajstić information content (AvgIpc) is 4.11. The van der Waals surface area contributed by atoms with E-state index in [9.17, 15) is 19.8 Å². The number of carbonyl (C=O) groups excluding carboxylic acids is 2. The van der Waals surface area contributed by atoms with Gasteiger partial charge in [0.25, 0.3) is 0 Å². The van der Waals surface area contributed by atoms with E-state index in [1.165, 1.54) is 57.8 Å². The molecule has 0 bridgehead atoms. The van der Waals surface area contributed by atoms with Gasteiger partial charge in [-0.15, -0.1) is 5.10 Å². The molecule has 70 heavy (non-hydrogen) atoms. The highest BCUT2D eigenvalue weighted by Gasteiger charge is 2.64. The fraction of sp³-hybridized carbons (Fsp3) is 0.767. The van der Waals surface area contributed by atoms with E-state index in [4.69, 9.17) is 0 Å². The fourth-order valence-corrected chi connectivity index (χ4v) is 18.8. The summed E-state index contributed by atoms with van der Waals surface area (Å²) >= 11 is 0. The SMILES string of the molecule is C.C.C[C@H](C(=O)[C@H]1CC[C@H]2[C@@H]3CC[C@@H]4C[C@](C)(O)CC[C@]4(C)[C@H]3CC[C@]12C)n1nc2ccccc2n1.C[C@H](C(=O)[C@H]1CC[C@H]2[C@@H]3CC[C@@H]4C[C@](C)(O)CC[C@]4(C)[C@H]3CC[C@]12C)n1nnc2ccccc21. The first-order chi connectivity index (χ1) is 32.3. The summed E-state index contributed by atoms with van der Waals surface area (Å²) in [7, 11) is 0. The standard InChI is InChI=1S/2C29H41N3O2.2CH4/c1-18(32-25-8-6-5-7-24(25)30-31-32)26(33)23-12-11-21-20-10-9-19-17-27(2,34)15-16-28(19,3)22(20)13-14-29(21,23)4;1-18(32-30-24-7-5-6-8-25(24)31-32)26(33)23-12-11-21-20-10-9-19-17-27(2,34)15-16-28(19,3)22(20)13-14-29(21,23)4;;/h2*5-8,18-23,34H,9-17H2,1-4H3;2*1H4/t2*18-,19-,20+,21+,22+,23-,27-,28+,29+;;/m11../s1. The molecule has 4 aromatic rings. The minimum absolute atomic E-state index is 0. The lowest BCUT2D eigenvalue weighted by Gasteiger charge is -2.61. The van der Waals surface area contributed by atoms with Gasteiger partial charge in [0.05, 0.1) is 16.7 Å². The zero-order valence-electron chi connectivity index (χ0n) is 42.7. The van der Waals surface area contributed by atoms with E-state index < -0.39 is 11.2 Å². The number of aliphatic hydroxyl groups is 2. The van der Waals surface area contributed by atoms with Crippen LogP contribution in [0.2, 0.25) is 0 Å². The van der Waals surface area contributed by atoms with Gasteiger partial charge in [-0.3, -0.25) is 9.59 Å². The van der Waals surface area contributed by atoms with Crippen LogP contribution in [0.1, 0.15) is 198 Å². The molecule has 18 atom stereocenters. The van der Waals surface area contributed by atoms with Crippen LogP contribution < -0.4 is 0 Å². The molecule has 8 fully saturated rings. The summed E-state index contributed by atoms with van der Waals surface area (Å²) in [5.74, 6) is 6.51. The summed E-state index contributed by atoms with van der Waals surface area (Å²) in [5.41, 5.74) is 3.49. The van der Waals surface area contributed by atoms with Gasteiger partial charge >= 0.3 is 0 Å². The van der Waals surface area contributed by atoms with Gasteiger partial charge in [0.1, 0.15) is 28.6 Å². The molecule has 10 nitrogen and oxygen atoms in total. The molecule has 0 unspecified atom stereocenters. The van der Waals surface area contributed by atoms with Crippen LogP contribution >= 0.6 is 0 Å². The maximum Gasteiger partial charge on any atom is 0.162 e. The van der Waals surface area contributed by atoms with E-state index in [0.717, 1.165) is 104 Å². The van der Waals surface area contributed by atoms with Crippen LogP contribution in [0.15, 0.2) is 48.5 Å². The van der Waals surface area contributed by atoms with Crippen molar-refractivity contribution < 1.29 is 19.8 Å². The number of benzene rings is 2. The highest BCUT2D eigenvalue weighted by molar-refractivity contribution is 5.88. The largest absolute Gasteiger partial charge is 0.390 e. The van der Waals surface area contributed by atoms with E-state index in [-0.39, 0.29) is 49.6 Å². The monoisotopic (exact) mass is 959 g/mol. The minimum atomic E-state index is -0.480. The van der Waals surface area contributed by atoms with Crippen molar-refractivity contribution in [2.45, 2.75) is 209 Å². The number of nitrogens with zero attached hydrogens (tertiary/aromatic N) is 6. The first-order valence-corrected chi connectivity index (χ1v) is 27.4. The highest BCUT2D eigenvalue weighted by Crippen LogP contribution is 2.70. The molecule has 10 heteroatoms. The molecule has 8 saturated carbocycles. The second-order valence-electron chi connectivity index (χ2n) is 26.3. The van der Waals surface area contributed by atoms with Gasteiger partial charge in [0.2, 0.25) is 0 Å². The Morgan fingerprint density at radius 1 is 0.529 bits per heavy atom. The van der Waals surface area contributed by atoms with Crippen molar-refractivity contribution in [3.8, 4) is 0 Å². The second kappa shape index (κ2) is 18.2. The van der Waals surface area contributed by atoms with Crippen molar-refractivity contribution in [1.29, 1.82) is 0 Å². The van der Waals surface area contributed by atoms with Gasteiger partial charge < -0.3 is 10.2 Å². The third kappa shape index (κ3) is 8.07. The third-order valence-corrected chi connectivity index (χ3v) is 22.8. The Kier molecular flexibility index (Phi) is 13.3. The maximum atomic E-state index is 14.0. The first-order valence-electron chi connectivity index (χ1n) is 27.4. The number of Topliss-reactive ketones (excluding diaryl/α,β-unsaturated/α-hetero) is 2. The van der Waals surface area contributed by atoms with Gasteiger partial charge in [-0.25, -0.2) is 4.68 Å². The summed E-state index contributed by atoms with van der Waals surface area (Å²) in [6, 6.07) is 15.2. The highest BCUT2D eigenvalue weighted by atomic mass is 16.3. The Bertz CT molecular complexity index is 2520. The van der Waals surface area contributed by atoms with Crippen LogP contribution in [0, 0.1) is 80.8 Å². The van der Waals surface area contributed by atoms with Gasteiger partial charge in [-0.2, -0.15) is 15.0 Å². The molecular formula is C60H90N6O4. The summed E-state index contributed by atoms with van der Waals surface area (Å²) < 4.78 is 1.85. The van der Waals surface area contributed by atoms with Gasteiger partial charge in [0, 0.05) is 11.8 Å². The van der Waals surface area contributed by atoms with Crippen molar-refractivity contribution >= 4 is 33.6 Å². The summed E-state index contributed by atoms with van der Waals surface area (Å²) in [6.07, 6.45) is 20.4. The number of hydrogen-bond acceptors (Lipinski definition) is 8. The Morgan fingerprint density at radius 3 is 1.44 bits per heavy atom. The van der Waals surface area contributed by atoms with Crippen LogP contribution in [-0.2, 0) is 9.59 Å². The number of aromatic nitrogens is 6. The second-order valence-corrected chi connectivity index (χ2v) is 26.3. The number of para-hydroxylation sites is 1. The molecule has 0 aliphatic heterocycles. The van der Waals surface area contributed by atoms with Crippen molar-refractivity contribution in [2.24, 2.45) is 80.8 Å². The van der Waals surface area contributed by atoms with Crippen LogP contribution in [-0.4, -0.2) is 63.0 Å². The van der Waals surface area contributed by atoms with Gasteiger partial charge in [-0.1, -0.05) is 72.0 Å². The Labute approximate surface area is 420 Å². The molecule has 2 aromatic carbocycles. The van der Waals surface area contributed by atoms with Crippen LogP contribution in [0.4, 0.5) is 0 Å². The molecule has 2 aromatic heterocycles. The van der Waals surface area contributed by atoms with E-state index in [1.54, 1.807) is 4.80 Å². The Morgan fingerprint density at radius 2 is 0.957 bits per heavy atom. The average molecular weight is 959 g/mol. The van der Waals surface area contributed by atoms with Crippen molar-refractivity contribution in [3.63, 3.8) is 0 Å². The summed E-state index contributed by atoms with van der Waals surface area (Å²) in [4.78, 5) is 29.5. The normalized spacial score (nSPS) is 43.5. The molecule has 384 valence electrons. The number of rotatable bonds is 6. The number of ketones is 2. The lowest BCUT2D eigenvalue weighted by molar-refractivity contribution is -0.151. The van der Waals surface area contributed by atoms with Crippen molar-refractivity contribution in [2.75, 3.05) is 0 Å². The molecule has 2 N–H and O–H groups in total. The molecular weight excluding hydrogens is 869 g/mol. The van der Waals surface area contributed by atoms with Crippen molar-refractivity contribution in [1.82, 2.24) is 30.0 Å². The Balaban J connectivity index is 0.000000169. The number of fused-ring (bicyclic) bond motifs is 12. The zero-order chi connectivity index (χ0) is 47.8. The fourth-order valence-electron chi connectivity index (χ4n) is 18.8. The van der Waals surface area contributed by atoms with Gasteiger partial charge in [-0.05, 0) is 237 Å². The lowest BCUT2D eigenvalue weighted by Crippen LogP contribution is -2.55. The molecule has 0 amide bonds. The smallest absolute Gasteiger partial charge is 0.162 e. The molecule has 0 spiro atoms. The Hall–Kier alpha value is -3.50.